The molecule has 0 aliphatic rings. The molecule has 0 aliphatic carbocycles. The number of phenols is 1. The second kappa shape index (κ2) is 7.79. The number of amides is 1. The van der Waals surface area contributed by atoms with Crippen molar-refractivity contribution in [2.75, 3.05) is 10.7 Å². The van der Waals surface area contributed by atoms with Crippen molar-refractivity contribution in [2.45, 2.75) is 13.8 Å². The van der Waals surface area contributed by atoms with Crippen molar-refractivity contribution in [3.8, 4) is 17.0 Å². The number of aryl methyl sites for hydroxylation is 1. The molecule has 0 radical (unpaired) electrons. The number of phenolic OH excluding ortho intramolecular Hbond substituents is 1. The Balaban J connectivity index is 1.82. The van der Waals surface area contributed by atoms with E-state index in [-0.39, 0.29) is 11.7 Å². The summed E-state index contributed by atoms with van der Waals surface area (Å²) in [5.74, 6) is 0.0545. The first kappa shape index (κ1) is 17.6. The quantitative estimate of drug-likeness (QED) is 0.466. The van der Waals surface area contributed by atoms with E-state index in [1.807, 2.05) is 31.2 Å². The van der Waals surface area contributed by atoms with Crippen LogP contribution >= 0.6 is 11.3 Å². The Kier molecular flexibility index (Phi) is 5.28. The van der Waals surface area contributed by atoms with Crippen LogP contribution in [0.2, 0.25) is 0 Å². The molecule has 0 spiro atoms. The number of nitrogens with zero attached hydrogens (tertiary/aromatic N) is 2. The molecule has 6 nitrogen and oxygen atoms in total. The molecule has 26 heavy (non-hydrogen) atoms. The average molecular weight is 366 g/mol. The Morgan fingerprint density at radius 1 is 1.15 bits per heavy atom. The third-order valence-electron chi connectivity index (χ3n) is 3.51. The van der Waals surface area contributed by atoms with Crippen molar-refractivity contribution in [3.05, 3.63) is 59.7 Å². The molecule has 1 amide bonds. The van der Waals surface area contributed by atoms with Crippen LogP contribution in [-0.2, 0) is 4.79 Å². The first-order valence-corrected chi connectivity index (χ1v) is 8.76. The van der Waals surface area contributed by atoms with Gasteiger partial charge in [0.1, 0.15) is 16.4 Å². The number of nitrogens with one attached hydrogen (secondary N) is 2. The van der Waals surface area contributed by atoms with E-state index in [0.29, 0.717) is 15.8 Å². The number of carbonyl (C=O) groups is 1. The first-order valence-electron chi connectivity index (χ1n) is 7.95. The molecular formula is C19H18N4O2S. The summed E-state index contributed by atoms with van der Waals surface area (Å²) < 4.78 is 0. The number of hydrogen-bond donors (Lipinski definition) is 3. The molecule has 3 aromatic rings. The maximum absolute atomic E-state index is 11.5. The lowest BCUT2D eigenvalue weighted by Crippen LogP contribution is -2.05. The topological polar surface area (TPSA) is 86.6 Å². The highest BCUT2D eigenvalue weighted by Crippen LogP contribution is 2.36. The molecule has 132 valence electrons. The normalized spacial score (nSPS) is 10.8. The van der Waals surface area contributed by atoms with Crippen LogP contribution in [-0.4, -0.2) is 22.2 Å². The van der Waals surface area contributed by atoms with Crippen molar-refractivity contribution >= 4 is 33.6 Å². The number of hydrogen-bond acceptors (Lipinski definition) is 6. The van der Waals surface area contributed by atoms with E-state index >= 15 is 0 Å². The number of aromatic nitrogens is 1. The number of anilines is 2. The molecule has 0 saturated heterocycles. The Hall–Kier alpha value is -3.19. The monoisotopic (exact) mass is 366 g/mol. The molecular weight excluding hydrogens is 348 g/mol. The molecule has 7 heteroatoms. The fourth-order valence-corrected chi connectivity index (χ4v) is 3.13. The predicted octanol–water partition coefficient (Wildman–Crippen LogP) is 4.23. The number of hydrazone groups is 1. The van der Waals surface area contributed by atoms with Crippen molar-refractivity contribution in [1.82, 2.24) is 4.98 Å². The van der Waals surface area contributed by atoms with Gasteiger partial charge in [-0.1, -0.05) is 41.2 Å². The lowest BCUT2D eigenvalue weighted by Gasteiger charge is -2.02. The summed E-state index contributed by atoms with van der Waals surface area (Å²) in [7, 11) is 0. The van der Waals surface area contributed by atoms with Gasteiger partial charge in [0.25, 0.3) is 0 Å². The summed E-state index contributed by atoms with van der Waals surface area (Å²) in [6.07, 6.45) is 1.63. The minimum Gasteiger partial charge on any atom is -0.508 e. The second-order valence-corrected chi connectivity index (χ2v) is 6.70. The zero-order valence-corrected chi connectivity index (χ0v) is 15.2. The largest absolute Gasteiger partial charge is 0.508 e. The fourth-order valence-electron chi connectivity index (χ4n) is 2.24. The molecule has 1 aromatic heterocycles. The van der Waals surface area contributed by atoms with E-state index in [2.05, 4.69) is 20.8 Å². The van der Waals surface area contributed by atoms with Gasteiger partial charge in [-0.3, -0.25) is 10.2 Å². The lowest BCUT2D eigenvalue weighted by atomic mass is 10.1. The summed E-state index contributed by atoms with van der Waals surface area (Å²) in [5, 5.41) is 17.5. The van der Waals surface area contributed by atoms with Gasteiger partial charge in [0.15, 0.2) is 0 Å². The molecule has 3 rings (SSSR count). The minimum atomic E-state index is -0.152. The van der Waals surface area contributed by atoms with E-state index in [9.17, 15) is 9.90 Å². The number of carbonyl (C=O) groups excluding carboxylic acids is 1. The van der Waals surface area contributed by atoms with Gasteiger partial charge < -0.3 is 10.4 Å². The Labute approximate surface area is 155 Å². The highest BCUT2D eigenvalue weighted by molar-refractivity contribution is 7.20. The van der Waals surface area contributed by atoms with Gasteiger partial charge in [0, 0.05) is 12.5 Å². The van der Waals surface area contributed by atoms with Gasteiger partial charge in [-0.05, 0) is 36.8 Å². The van der Waals surface area contributed by atoms with E-state index in [0.717, 1.165) is 16.7 Å². The van der Waals surface area contributed by atoms with E-state index in [4.69, 9.17) is 0 Å². The van der Waals surface area contributed by atoms with Crippen LogP contribution in [0.3, 0.4) is 0 Å². The van der Waals surface area contributed by atoms with E-state index in [1.54, 1.807) is 30.5 Å². The third-order valence-corrected chi connectivity index (χ3v) is 4.38. The van der Waals surface area contributed by atoms with Gasteiger partial charge in [-0.25, -0.2) is 4.98 Å². The molecule has 0 aliphatic heterocycles. The minimum absolute atomic E-state index is 0.152. The van der Waals surface area contributed by atoms with Gasteiger partial charge in [-0.15, -0.1) is 0 Å². The average Bonchev–Trinajstić information content (AvgIpc) is 2.99. The van der Waals surface area contributed by atoms with Crippen LogP contribution in [0.5, 0.6) is 5.75 Å². The van der Waals surface area contributed by atoms with Crippen LogP contribution in [0.15, 0.2) is 53.6 Å². The zero-order valence-electron chi connectivity index (χ0n) is 14.4. The molecule has 1 heterocycles. The summed E-state index contributed by atoms with van der Waals surface area (Å²) in [4.78, 5) is 16.0. The van der Waals surface area contributed by atoms with Gasteiger partial charge in [-0.2, -0.15) is 5.10 Å². The summed E-state index contributed by atoms with van der Waals surface area (Å²) >= 11 is 1.32. The van der Waals surface area contributed by atoms with Gasteiger partial charge in [0.05, 0.1) is 6.21 Å². The number of aromatic hydroxyl groups is 1. The second-order valence-electron chi connectivity index (χ2n) is 5.71. The van der Waals surface area contributed by atoms with E-state index in [1.165, 1.54) is 18.3 Å². The van der Waals surface area contributed by atoms with Crippen molar-refractivity contribution in [3.63, 3.8) is 0 Å². The number of thiazole rings is 1. The molecule has 0 bridgehead atoms. The fraction of sp³-hybridized carbons (Fsp3) is 0.105. The molecule has 3 N–H and O–H groups in total. The molecule has 2 aromatic carbocycles. The molecule has 0 unspecified atom stereocenters. The predicted molar refractivity (Wildman–Crippen MR) is 106 cm³/mol. The zero-order chi connectivity index (χ0) is 18.5. The summed E-state index contributed by atoms with van der Waals surface area (Å²) in [6, 6.07) is 14.6. The summed E-state index contributed by atoms with van der Waals surface area (Å²) in [6.45, 7) is 3.49. The van der Waals surface area contributed by atoms with E-state index < -0.39 is 0 Å². The third kappa shape index (κ3) is 4.46. The molecule has 0 fully saturated rings. The molecule has 0 atom stereocenters. The smallest absolute Gasteiger partial charge is 0.221 e. The maximum atomic E-state index is 11.5. The highest BCUT2D eigenvalue weighted by atomic mass is 32.1. The standard InChI is InChI=1S/C19H18N4O2S/c1-12-3-7-15(8-4-12)17-18(21-13(2)24)26-19(22-17)23-20-11-14-5-9-16(25)10-6-14/h3-11,25H,1-2H3,(H,21,24)(H,22,23). The lowest BCUT2D eigenvalue weighted by molar-refractivity contribution is -0.114. The Morgan fingerprint density at radius 2 is 1.85 bits per heavy atom. The first-order chi connectivity index (χ1) is 12.5. The Morgan fingerprint density at radius 3 is 2.50 bits per heavy atom. The SMILES string of the molecule is CC(=O)Nc1sc(NN=Cc2ccc(O)cc2)nc1-c1ccc(C)cc1. The van der Waals surface area contributed by atoms with Crippen molar-refractivity contribution < 1.29 is 9.90 Å². The molecule has 0 saturated carbocycles. The number of benzene rings is 2. The van der Waals surface area contributed by atoms with Gasteiger partial charge in [0.2, 0.25) is 11.0 Å². The maximum Gasteiger partial charge on any atom is 0.221 e. The van der Waals surface area contributed by atoms with Crippen LogP contribution in [0, 0.1) is 6.92 Å². The van der Waals surface area contributed by atoms with Crippen LogP contribution < -0.4 is 10.7 Å². The van der Waals surface area contributed by atoms with Gasteiger partial charge >= 0.3 is 0 Å². The Bertz CT molecular complexity index is 931. The van der Waals surface area contributed by atoms with Crippen LogP contribution in [0.1, 0.15) is 18.1 Å². The van der Waals surface area contributed by atoms with Crippen molar-refractivity contribution in [1.29, 1.82) is 0 Å². The highest BCUT2D eigenvalue weighted by Gasteiger charge is 2.14. The number of rotatable bonds is 5. The van der Waals surface area contributed by atoms with Crippen molar-refractivity contribution in [2.24, 2.45) is 5.10 Å². The summed E-state index contributed by atoms with van der Waals surface area (Å²) in [5.41, 5.74) is 6.50. The van der Waals surface area contributed by atoms with Crippen LogP contribution in [0.25, 0.3) is 11.3 Å². The van der Waals surface area contributed by atoms with Crippen LogP contribution in [0.4, 0.5) is 10.1 Å².